The molecule has 1 saturated carbocycles. The molecular weight excluding hydrogens is 418 g/mol. The van der Waals surface area contributed by atoms with Gasteiger partial charge in [0.15, 0.2) is 0 Å². The number of nitrogens with zero attached hydrogens (tertiary/aromatic N) is 1. The van der Waals surface area contributed by atoms with Crippen LogP contribution in [0, 0.1) is 28.1 Å². The first kappa shape index (κ1) is 24.1. The highest BCUT2D eigenvalue weighted by Gasteiger charge is 2.78. The zero-order chi connectivity index (χ0) is 24.1. The van der Waals surface area contributed by atoms with E-state index in [1.807, 2.05) is 51.1 Å². The highest BCUT2D eigenvalue weighted by molar-refractivity contribution is 5.86. The number of aliphatic carboxylic acids is 1. The summed E-state index contributed by atoms with van der Waals surface area (Å²) >= 11 is 0. The molecule has 1 fully saturated rings. The minimum Gasteiger partial charge on any atom is -0.481 e. The second kappa shape index (κ2) is 9.91. The number of carbonyl (C=O) groups is 2. The molecule has 1 unspecified atom stereocenters. The largest absolute Gasteiger partial charge is 0.481 e. The molecule has 0 aromatic heterocycles. The molecule has 0 heterocycles. The van der Waals surface area contributed by atoms with E-state index in [9.17, 15) is 20.0 Å². The van der Waals surface area contributed by atoms with Crippen molar-refractivity contribution in [2.45, 2.75) is 39.5 Å². The fraction of sp³-hybridized carbons (Fsp3) is 0.370. The number of esters is 1. The van der Waals surface area contributed by atoms with E-state index in [2.05, 4.69) is 6.07 Å². The number of unbranched alkanes of at least 4 members (excludes halogenated alkanes) is 1. The molecule has 0 aliphatic heterocycles. The van der Waals surface area contributed by atoms with E-state index in [-0.39, 0.29) is 0 Å². The first-order chi connectivity index (χ1) is 15.8. The summed E-state index contributed by atoms with van der Waals surface area (Å²) in [5.74, 6) is -1.85. The lowest BCUT2D eigenvalue weighted by molar-refractivity contribution is -0.145. The topological polar surface area (TPSA) is 96.6 Å². The molecule has 6 heteroatoms. The highest BCUT2D eigenvalue weighted by Crippen LogP contribution is 2.75. The van der Waals surface area contributed by atoms with Gasteiger partial charge in [0.2, 0.25) is 0 Å². The molecule has 33 heavy (non-hydrogen) atoms. The molecule has 1 aliphatic rings. The summed E-state index contributed by atoms with van der Waals surface area (Å²) in [6, 6.07) is 18.4. The lowest BCUT2D eigenvalue weighted by Crippen LogP contribution is -2.28. The predicted octanol–water partition coefficient (Wildman–Crippen LogP) is 5.71. The lowest BCUT2D eigenvalue weighted by atomic mass is 9.78. The molecule has 2 aromatic carbocycles. The Labute approximate surface area is 194 Å². The summed E-state index contributed by atoms with van der Waals surface area (Å²) in [5.41, 5.74) is -1.56. The summed E-state index contributed by atoms with van der Waals surface area (Å²) in [7, 11) is 0. The van der Waals surface area contributed by atoms with E-state index in [0.717, 1.165) is 12.8 Å². The van der Waals surface area contributed by atoms with Gasteiger partial charge in [0.1, 0.15) is 16.9 Å². The third-order valence-electron chi connectivity index (χ3n) is 6.53. The summed E-state index contributed by atoms with van der Waals surface area (Å²) in [5, 5.41) is 20.4. The van der Waals surface area contributed by atoms with Gasteiger partial charge in [-0.25, -0.2) is 4.79 Å². The van der Waals surface area contributed by atoms with Crippen LogP contribution in [0.4, 0.5) is 0 Å². The third-order valence-corrected chi connectivity index (χ3v) is 6.53. The van der Waals surface area contributed by atoms with Crippen molar-refractivity contribution in [2.75, 3.05) is 6.61 Å². The van der Waals surface area contributed by atoms with Crippen molar-refractivity contribution in [3.05, 3.63) is 72.3 Å². The molecule has 2 aromatic rings. The molecule has 0 radical (unpaired) electrons. The van der Waals surface area contributed by atoms with E-state index in [4.69, 9.17) is 9.47 Å². The van der Waals surface area contributed by atoms with Gasteiger partial charge in [0.05, 0.1) is 18.6 Å². The smallest absolute Gasteiger partial charge is 0.330 e. The minimum atomic E-state index is -1.38. The number of para-hydroxylation sites is 1. The fourth-order valence-electron chi connectivity index (χ4n) is 4.68. The van der Waals surface area contributed by atoms with Gasteiger partial charge in [-0.3, -0.25) is 4.79 Å². The van der Waals surface area contributed by atoms with Gasteiger partial charge in [-0.2, -0.15) is 5.26 Å². The average Bonchev–Trinajstić information content (AvgIpc) is 3.29. The van der Waals surface area contributed by atoms with Crippen LogP contribution in [0.1, 0.15) is 45.1 Å². The number of ether oxygens (including phenoxy) is 2. The van der Waals surface area contributed by atoms with Crippen LogP contribution >= 0.6 is 0 Å². The van der Waals surface area contributed by atoms with Crippen LogP contribution in [0.2, 0.25) is 0 Å². The monoisotopic (exact) mass is 447 g/mol. The van der Waals surface area contributed by atoms with Gasteiger partial charge in [-0.05, 0) is 41.7 Å². The second-order valence-corrected chi connectivity index (χ2v) is 8.80. The molecule has 6 nitrogen and oxygen atoms in total. The van der Waals surface area contributed by atoms with Gasteiger partial charge in [-0.1, -0.05) is 63.6 Å². The molecule has 0 saturated heterocycles. The SMILES string of the molecule is CCCCOC(=O)C=C[C@H]1C(C)(C)[C@]1(C(=O)O)C(C#N)c1cccc(Oc2ccccc2)c1. The number of carboxylic acid groups (broad SMARTS) is 1. The van der Waals surface area contributed by atoms with Crippen LogP contribution in [0.25, 0.3) is 0 Å². The summed E-state index contributed by atoms with van der Waals surface area (Å²) in [6.45, 7) is 5.95. The molecule has 0 amide bonds. The van der Waals surface area contributed by atoms with E-state index in [0.29, 0.717) is 23.7 Å². The van der Waals surface area contributed by atoms with Gasteiger partial charge < -0.3 is 14.6 Å². The highest BCUT2D eigenvalue weighted by atomic mass is 16.5. The van der Waals surface area contributed by atoms with E-state index in [1.165, 1.54) is 6.08 Å². The number of rotatable bonds is 10. The standard InChI is InChI=1S/C27H29NO5/c1-4-5-16-32-24(29)15-14-23-26(2,3)27(23,25(30)31)22(18-28)19-10-9-13-21(17-19)33-20-11-7-6-8-12-20/h6-15,17,22-23H,4-5,16H2,1-3H3,(H,30,31)/t22?,23-,27+/m0/s1. The first-order valence-corrected chi connectivity index (χ1v) is 11.1. The molecule has 0 spiro atoms. The van der Waals surface area contributed by atoms with Gasteiger partial charge >= 0.3 is 11.9 Å². The van der Waals surface area contributed by atoms with Crippen molar-refractivity contribution < 1.29 is 24.2 Å². The lowest BCUT2D eigenvalue weighted by Gasteiger charge is -2.22. The van der Waals surface area contributed by atoms with Gasteiger partial charge in [0.25, 0.3) is 0 Å². The molecule has 3 rings (SSSR count). The van der Waals surface area contributed by atoms with Crippen LogP contribution in [0.5, 0.6) is 11.5 Å². The quantitative estimate of drug-likeness (QED) is 0.285. The fourth-order valence-corrected chi connectivity index (χ4v) is 4.68. The summed E-state index contributed by atoms with van der Waals surface area (Å²) in [6.07, 6.45) is 4.55. The molecule has 172 valence electrons. The van der Waals surface area contributed by atoms with Crippen LogP contribution < -0.4 is 4.74 Å². The number of carbonyl (C=O) groups excluding carboxylic acids is 1. The van der Waals surface area contributed by atoms with Crippen molar-refractivity contribution in [1.82, 2.24) is 0 Å². The van der Waals surface area contributed by atoms with Crippen LogP contribution in [0.15, 0.2) is 66.7 Å². The Balaban J connectivity index is 1.89. The number of benzene rings is 2. The third kappa shape index (κ3) is 4.63. The Morgan fingerprint density at radius 2 is 1.85 bits per heavy atom. The van der Waals surface area contributed by atoms with Crippen LogP contribution in [-0.2, 0) is 14.3 Å². The maximum absolute atomic E-state index is 12.6. The van der Waals surface area contributed by atoms with Crippen molar-refractivity contribution in [2.24, 2.45) is 16.7 Å². The number of carboxylic acids is 1. The summed E-state index contributed by atoms with van der Waals surface area (Å²) in [4.78, 5) is 24.6. The maximum Gasteiger partial charge on any atom is 0.330 e. The number of hydrogen-bond donors (Lipinski definition) is 1. The zero-order valence-electron chi connectivity index (χ0n) is 19.2. The maximum atomic E-state index is 12.6. The second-order valence-electron chi connectivity index (χ2n) is 8.80. The Bertz CT molecular complexity index is 1070. The first-order valence-electron chi connectivity index (χ1n) is 11.1. The Kier molecular flexibility index (Phi) is 7.23. The molecule has 1 N–H and O–H groups in total. The van der Waals surface area contributed by atoms with Crippen LogP contribution in [0.3, 0.4) is 0 Å². The average molecular weight is 448 g/mol. The van der Waals surface area contributed by atoms with Crippen molar-refractivity contribution in [1.29, 1.82) is 5.26 Å². The van der Waals surface area contributed by atoms with Gasteiger partial charge in [-0.15, -0.1) is 0 Å². The number of hydrogen-bond acceptors (Lipinski definition) is 5. The van der Waals surface area contributed by atoms with Gasteiger partial charge in [0, 0.05) is 12.0 Å². The molecule has 3 atom stereocenters. The Morgan fingerprint density at radius 1 is 1.15 bits per heavy atom. The molecule has 0 bridgehead atoms. The van der Waals surface area contributed by atoms with E-state index >= 15 is 0 Å². The van der Waals surface area contributed by atoms with Crippen LogP contribution in [-0.4, -0.2) is 23.7 Å². The van der Waals surface area contributed by atoms with E-state index < -0.39 is 34.6 Å². The minimum absolute atomic E-state index is 0.326. The zero-order valence-corrected chi connectivity index (χ0v) is 19.2. The van der Waals surface area contributed by atoms with Crippen molar-refractivity contribution in [3.63, 3.8) is 0 Å². The normalized spacial score (nSPS) is 21.7. The Hall–Kier alpha value is -3.59. The predicted molar refractivity (Wildman–Crippen MR) is 124 cm³/mol. The number of allylic oxidation sites excluding steroid dienone is 1. The number of nitriles is 1. The Morgan fingerprint density at radius 3 is 2.48 bits per heavy atom. The summed E-state index contributed by atoms with van der Waals surface area (Å²) < 4.78 is 11.0. The van der Waals surface area contributed by atoms with E-state index in [1.54, 1.807) is 30.3 Å². The molecule has 1 aliphatic carbocycles. The van der Waals surface area contributed by atoms with Crippen molar-refractivity contribution >= 4 is 11.9 Å². The van der Waals surface area contributed by atoms with Crippen molar-refractivity contribution in [3.8, 4) is 17.6 Å². The molecular formula is C27H29NO5.